The van der Waals surface area contributed by atoms with Crippen molar-refractivity contribution < 1.29 is 38.3 Å². The fourth-order valence-electron chi connectivity index (χ4n) is 8.52. The van der Waals surface area contributed by atoms with Crippen LogP contribution in [0.5, 0.6) is 11.6 Å². The monoisotopic (exact) mass is 862 g/mol. The van der Waals surface area contributed by atoms with Crippen molar-refractivity contribution in [2.24, 2.45) is 0 Å². The van der Waals surface area contributed by atoms with Gasteiger partial charge < -0.3 is 38.1 Å². The second-order valence-corrected chi connectivity index (χ2v) is 16.7. The van der Waals surface area contributed by atoms with E-state index in [1.807, 2.05) is 177 Å². The summed E-state index contributed by atoms with van der Waals surface area (Å²) in [5, 5.41) is 12.9. The summed E-state index contributed by atoms with van der Waals surface area (Å²) in [6, 6.07) is 45.4. The van der Waals surface area contributed by atoms with Crippen molar-refractivity contribution in [1.29, 1.82) is 0 Å². The summed E-state index contributed by atoms with van der Waals surface area (Å²) in [6.07, 6.45) is 0.342. The summed E-state index contributed by atoms with van der Waals surface area (Å²) in [5.74, 6) is 1.02. The Balaban J connectivity index is 1.27. The summed E-state index contributed by atoms with van der Waals surface area (Å²) < 4.78 is 39.7. The van der Waals surface area contributed by atoms with Crippen molar-refractivity contribution >= 4 is 17.1 Å². The maximum absolute atomic E-state index is 15.0. The van der Waals surface area contributed by atoms with Crippen molar-refractivity contribution in [3.63, 3.8) is 0 Å². The highest BCUT2D eigenvalue weighted by atomic mass is 16.6. The van der Waals surface area contributed by atoms with Crippen molar-refractivity contribution in [3.8, 4) is 11.6 Å². The Kier molecular flexibility index (Phi) is 13.4. The first-order valence-electron chi connectivity index (χ1n) is 21.3. The van der Waals surface area contributed by atoms with Crippen LogP contribution in [0.2, 0.25) is 0 Å². The molecule has 0 bridgehead atoms. The number of benzene rings is 5. The maximum Gasteiger partial charge on any atom is 0.411 e. The number of rotatable bonds is 16. The van der Waals surface area contributed by atoms with E-state index in [-0.39, 0.29) is 19.9 Å². The van der Waals surface area contributed by atoms with Crippen LogP contribution in [0.3, 0.4) is 0 Å². The van der Waals surface area contributed by atoms with Gasteiger partial charge in [-0.3, -0.25) is 4.90 Å². The molecule has 0 spiro atoms. The minimum Gasteiger partial charge on any atom is -0.497 e. The summed E-state index contributed by atoms with van der Waals surface area (Å²) in [5.41, 5.74) is 4.02. The number of aliphatic hydroxyl groups is 1. The zero-order valence-corrected chi connectivity index (χ0v) is 36.7. The fourth-order valence-corrected chi connectivity index (χ4v) is 8.52. The van der Waals surface area contributed by atoms with Crippen LogP contribution in [0.4, 0.5) is 4.79 Å². The van der Waals surface area contributed by atoms with E-state index >= 15 is 0 Å². The fraction of sp³-hybridized carbons (Fsp3) is 0.288. The van der Waals surface area contributed by atoms with Gasteiger partial charge in [-0.1, -0.05) is 133 Å². The number of carbonyl (C=O) groups is 1. The molecule has 12 heteroatoms. The third-order valence-electron chi connectivity index (χ3n) is 11.4. The van der Waals surface area contributed by atoms with Gasteiger partial charge in [0.05, 0.1) is 46.1 Å². The normalized spacial score (nSPS) is 17.7. The molecular weight excluding hydrogens is 809 g/mol. The molecule has 64 heavy (non-hydrogen) atoms. The number of ether oxygens (including phenoxy) is 6. The first kappa shape index (κ1) is 44.1. The molecule has 4 atom stereocenters. The second kappa shape index (κ2) is 19.4. The van der Waals surface area contributed by atoms with Gasteiger partial charge >= 0.3 is 6.09 Å². The van der Waals surface area contributed by atoms with Gasteiger partial charge in [-0.25, -0.2) is 9.78 Å². The zero-order chi connectivity index (χ0) is 44.7. The summed E-state index contributed by atoms with van der Waals surface area (Å²) in [6.45, 7) is 5.87. The van der Waals surface area contributed by atoms with Crippen LogP contribution in [-0.4, -0.2) is 75.3 Å². The van der Waals surface area contributed by atoms with E-state index in [1.54, 1.807) is 19.1 Å². The number of likely N-dealkylation sites (tertiary alicyclic amines) is 1. The number of methoxy groups -OCH3 is 2. The van der Waals surface area contributed by atoms with E-state index in [4.69, 9.17) is 33.4 Å². The molecule has 0 radical (unpaired) electrons. The summed E-state index contributed by atoms with van der Waals surface area (Å²) >= 11 is 0. The molecule has 7 aromatic rings. The van der Waals surface area contributed by atoms with E-state index in [1.165, 1.54) is 6.33 Å². The maximum atomic E-state index is 15.0. The number of amides is 1. The zero-order valence-electron chi connectivity index (χ0n) is 36.7. The predicted octanol–water partition coefficient (Wildman–Crippen LogP) is 9.24. The lowest BCUT2D eigenvalue weighted by molar-refractivity contribution is -0.0611. The van der Waals surface area contributed by atoms with Crippen molar-refractivity contribution in [3.05, 3.63) is 191 Å². The molecule has 8 rings (SSSR count). The molecule has 0 unspecified atom stereocenters. The molecule has 0 saturated carbocycles. The number of hydrogen-bond acceptors (Lipinski definition) is 10. The standard InChI is InChI=1S/C52H54N4O8/c1-51(2,3)64-50(58)56-43(33-63-52(38-20-12-7-13-21-38,39-22-14-8-15-23-39)40-24-16-9-17-25-40)47(57)48(62-32-37-26-28-41(59-4)29-27-37)45(56)42-30-55(35-61-31-36-18-10-6-11-19-36)46-44(42)53-34-54-49(46)60-5/h6-30,34,43,45,47-48,57H,31-33,35H2,1-5H3/t43-,45+,47+,48+/m1/s1. The molecule has 1 aliphatic heterocycles. The minimum absolute atomic E-state index is 0.106. The lowest BCUT2D eigenvalue weighted by Gasteiger charge is -2.39. The third kappa shape index (κ3) is 9.22. The van der Waals surface area contributed by atoms with Gasteiger partial charge in [0.1, 0.15) is 53.3 Å². The van der Waals surface area contributed by atoms with Crippen molar-refractivity contribution in [2.75, 3.05) is 20.8 Å². The third-order valence-corrected chi connectivity index (χ3v) is 11.4. The van der Waals surface area contributed by atoms with Gasteiger partial charge in [-0.15, -0.1) is 0 Å². The van der Waals surface area contributed by atoms with Crippen LogP contribution >= 0.6 is 0 Å². The molecule has 1 aliphatic rings. The average molecular weight is 863 g/mol. The van der Waals surface area contributed by atoms with Crippen molar-refractivity contribution in [2.45, 2.75) is 76.2 Å². The second-order valence-electron chi connectivity index (χ2n) is 16.7. The molecule has 12 nitrogen and oxygen atoms in total. The highest BCUT2D eigenvalue weighted by molar-refractivity contribution is 5.85. The summed E-state index contributed by atoms with van der Waals surface area (Å²) in [7, 11) is 3.16. The number of carbonyl (C=O) groups excluding carboxylic acids is 1. The van der Waals surface area contributed by atoms with E-state index in [0.29, 0.717) is 34.8 Å². The van der Waals surface area contributed by atoms with Crippen LogP contribution in [0.25, 0.3) is 11.0 Å². The number of hydrogen-bond donors (Lipinski definition) is 1. The highest BCUT2D eigenvalue weighted by Crippen LogP contribution is 2.46. The molecule has 1 fully saturated rings. The van der Waals surface area contributed by atoms with Crippen LogP contribution in [-0.2, 0) is 44.5 Å². The predicted molar refractivity (Wildman–Crippen MR) is 243 cm³/mol. The largest absolute Gasteiger partial charge is 0.497 e. The van der Waals surface area contributed by atoms with Gasteiger partial charge in [0.25, 0.3) is 0 Å². The Bertz CT molecular complexity index is 2490. The molecular formula is C52H54N4O8. The SMILES string of the molecule is COc1ccc(CO[C@@H]2[C@@H](O)[C@@H](COC(c3ccccc3)(c3ccccc3)c3ccccc3)N(C(=O)OC(C)(C)C)[C@H]2c2cn(COCc3ccccc3)c3c(OC)ncnc23)cc1. The Morgan fingerprint density at radius 2 is 1.27 bits per heavy atom. The van der Waals surface area contributed by atoms with E-state index < -0.39 is 41.6 Å². The topological polar surface area (TPSA) is 127 Å². The van der Waals surface area contributed by atoms with Crippen LogP contribution in [0.15, 0.2) is 158 Å². The van der Waals surface area contributed by atoms with Gasteiger partial charge in [-0.2, -0.15) is 4.98 Å². The molecule has 5 aromatic carbocycles. The van der Waals surface area contributed by atoms with Crippen LogP contribution < -0.4 is 9.47 Å². The molecule has 1 saturated heterocycles. The van der Waals surface area contributed by atoms with Gasteiger partial charge in [0.2, 0.25) is 5.88 Å². The van der Waals surface area contributed by atoms with Crippen LogP contribution in [0, 0.1) is 0 Å². The lowest BCUT2D eigenvalue weighted by atomic mass is 9.80. The Morgan fingerprint density at radius 3 is 1.81 bits per heavy atom. The molecule has 330 valence electrons. The minimum atomic E-state index is -1.28. The highest BCUT2D eigenvalue weighted by Gasteiger charge is 2.55. The lowest BCUT2D eigenvalue weighted by Crippen LogP contribution is -2.47. The first-order chi connectivity index (χ1) is 31.1. The molecule has 2 aromatic heterocycles. The van der Waals surface area contributed by atoms with E-state index in [0.717, 1.165) is 27.8 Å². The van der Waals surface area contributed by atoms with E-state index in [9.17, 15) is 9.90 Å². The van der Waals surface area contributed by atoms with Gasteiger partial charge in [0.15, 0.2) is 0 Å². The smallest absolute Gasteiger partial charge is 0.411 e. The van der Waals surface area contributed by atoms with E-state index in [2.05, 4.69) is 4.98 Å². The number of aliphatic hydroxyl groups excluding tert-OH is 1. The van der Waals surface area contributed by atoms with Crippen molar-refractivity contribution in [1.82, 2.24) is 19.4 Å². The van der Waals surface area contributed by atoms with Crippen LogP contribution in [0.1, 0.15) is 60.2 Å². The number of nitrogens with zero attached hydrogens (tertiary/aromatic N) is 4. The van der Waals surface area contributed by atoms with Gasteiger partial charge in [0, 0.05) is 11.8 Å². The average Bonchev–Trinajstić information content (AvgIpc) is 3.83. The Morgan fingerprint density at radius 1 is 0.703 bits per heavy atom. The molecule has 3 heterocycles. The number of aromatic nitrogens is 3. The molecule has 1 amide bonds. The number of fused-ring (bicyclic) bond motifs is 1. The molecule has 0 aliphatic carbocycles. The molecule has 1 N–H and O–H groups in total. The summed E-state index contributed by atoms with van der Waals surface area (Å²) in [4.78, 5) is 25.8. The Labute approximate surface area is 373 Å². The Hall–Kier alpha value is -6.57. The van der Waals surface area contributed by atoms with Gasteiger partial charge in [-0.05, 0) is 60.7 Å². The first-order valence-corrected chi connectivity index (χ1v) is 21.3. The quantitative estimate of drug-likeness (QED) is 0.0940.